The molecule has 3 amide bonds. The summed E-state index contributed by atoms with van der Waals surface area (Å²) in [6.07, 6.45) is 0.310. The largest absolute Gasteiger partial charge is 0.322 e. The Bertz CT molecular complexity index is 587. The van der Waals surface area contributed by atoms with Crippen LogP contribution in [0.25, 0.3) is 0 Å². The first-order valence-corrected chi connectivity index (χ1v) is 6.87. The van der Waals surface area contributed by atoms with E-state index in [2.05, 4.69) is 21.2 Å². The first kappa shape index (κ1) is 12.3. The summed E-state index contributed by atoms with van der Waals surface area (Å²) >= 11 is 3.22. The second-order valence-electron chi connectivity index (χ2n) is 4.66. The van der Waals surface area contributed by atoms with E-state index in [1.165, 1.54) is 4.90 Å². The standard InChI is InChI=1S/C13H11BrN2O3/c14-9-5-10(12(18)15-11(9)17)16-6-7-3-1-2-4-8(7)13(16)19/h1-4,9-10H,5-6H2,(H,15,17,18). The van der Waals surface area contributed by atoms with Crippen molar-refractivity contribution in [3.8, 4) is 0 Å². The molecular formula is C13H11BrN2O3. The number of nitrogens with zero attached hydrogens (tertiary/aromatic N) is 1. The van der Waals surface area contributed by atoms with Crippen molar-refractivity contribution in [3.63, 3.8) is 0 Å². The zero-order valence-electron chi connectivity index (χ0n) is 9.93. The third kappa shape index (κ3) is 1.96. The minimum absolute atomic E-state index is 0.148. The van der Waals surface area contributed by atoms with E-state index >= 15 is 0 Å². The number of piperidine rings is 1. The molecule has 2 aliphatic rings. The number of benzene rings is 1. The predicted octanol–water partition coefficient (Wildman–Crippen LogP) is 0.821. The van der Waals surface area contributed by atoms with E-state index in [0.717, 1.165) is 5.56 Å². The highest BCUT2D eigenvalue weighted by Crippen LogP contribution is 2.28. The van der Waals surface area contributed by atoms with E-state index in [4.69, 9.17) is 0 Å². The number of rotatable bonds is 1. The molecule has 2 heterocycles. The lowest BCUT2D eigenvalue weighted by atomic mass is 10.0. The van der Waals surface area contributed by atoms with Gasteiger partial charge in [-0.2, -0.15) is 0 Å². The molecule has 2 aliphatic heterocycles. The van der Waals surface area contributed by atoms with E-state index in [9.17, 15) is 14.4 Å². The van der Waals surface area contributed by atoms with Gasteiger partial charge in [-0.15, -0.1) is 0 Å². The average Bonchev–Trinajstić information content (AvgIpc) is 2.72. The molecule has 3 rings (SSSR count). The van der Waals surface area contributed by atoms with Crippen LogP contribution in [-0.2, 0) is 16.1 Å². The van der Waals surface area contributed by atoms with Gasteiger partial charge in [0.2, 0.25) is 11.8 Å². The maximum Gasteiger partial charge on any atom is 0.255 e. The quantitative estimate of drug-likeness (QED) is 0.615. The van der Waals surface area contributed by atoms with Crippen LogP contribution in [0.4, 0.5) is 0 Å². The second kappa shape index (κ2) is 4.45. The normalized spacial score (nSPS) is 26.4. The van der Waals surface area contributed by atoms with Crippen molar-refractivity contribution in [2.24, 2.45) is 0 Å². The molecule has 19 heavy (non-hydrogen) atoms. The van der Waals surface area contributed by atoms with Crippen LogP contribution in [0.15, 0.2) is 24.3 Å². The summed E-state index contributed by atoms with van der Waals surface area (Å²) in [5.41, 5.74) is 1.56. The second-order valence-corrected chi connectivity index (χ2v) is 5.77. The molecule has 5 nitrogen and oxygen atoms in total. The van der Waals surface area contributed by atoms with Gasteiger partial charge in [0, 0.05) is 12.1 Å². The summed E-state index contributed by atoms with van der Waals surface area (Å²) in [6, 6.07) is 6.72. The zero-order valence-corrected chi connectivity index (χ0v) is 11.5. The highest BCUT2D eigenvalue weighted by molar-refractivity contribution is 9.10. The number of amides is 3. The SMILES string of the molecule is O=C1NC(=O)C(N2Cc3ccccc3C2=O)CC1Br. The van der Waals surface area contributed by atoms with Gasteiger partial charge in [0.1, 0.15) is 6.04 Å². The minimum Gasteiger partial charge on any atom is -0.322 e. The van der Waals surface area contributed by atoms with Crippen molar-refractivity contribution in [2.45, 2.75) is 23.8 Å². The van der Waals surface area contributed by atoms with Crippen LogP contribution in [0.3, 0.4) is 0 Å². The van der Waals surface area contributed by atoms with Crippen LogP contribution < -0.4 is 5.32 Å². The van der Waals surface area contributed by atoms with Crippen molar-refractivity contribution >= 4 is 33.7 Å². The van der Waals surface area contributed by atoms with Crippen molar-refractivity contribution < 1.29 is 14.4 Å². The van der Waals surface area contributed by atoms with Crippen molar-refractivity contribution in [1.29, 1.82) is 0 Å². The summed E-state index contributed by atoms with van der Waals surface area (Å²) in [7, 11) is 0. The fourth-order valence-corrected chi connectivity index (χ4v) is 2.96. The highest BCUT2D eigenvalue weighted by Gasteiger charge is 2.41. The fourth-order valence-electron chi connectivity index (χ4n) is 2.49. The molecule has 98 valence electrons. The maximum atomic E-state index is 12.3. The molecule has 1 N–H and O–H groups in total. The Balaban J connectivity index is 1.87. The Labute approximate surface area is 118 Å². The summed E-state index contributed by atoms with van der Waals surface area (Å²) in [5.74, 6) is -0.892. The van der Waals surface area contributed by atoms with E-state index in [1.807, 2.05) is 12.1 Å². The smallest absolute Gasteiger partial charge is 0.255 e. The van der Waals surface area contributed by atoms with Crippen molar-refractivity contribution in [3.05, 3.63) is 35.4 Å². The Kier molecular flexibility index (Phi) is 2.89. The lowest BCUT2D eigenvalue weighted by molar-refractivity contribution is -0.136. The number of fused-ring (bicyclic) bond motifs is 1. The van der Waals surface area contributed by atoms with Crippen LogP contribution in [0.1, 0.15) is 22.3 Å². The van der Waals surface area contributed by atoms with Gasteiger partial charge in [-0.25, -0.2) is 0 Å². The Morgan fingerprint density at radius 2 is 1.89 bits per heavy atom. The lowest BCUT2D eigenvalue weighted by Gasteiger charge is -2.31. The van der Waals surface area contributed by atoms with Crippen molar-refractivity contribution in [1.82, 2.24) is 10.2 Å². The third-order valence-corrected chi connectivity index (χ3v) is 4.28. The van der Waals surface area contributed by atoms with Gasteiger partial charge >= 0.3 is 0 Å². The average molecular weight is 323 g/mol. The number of alkyl halides is 1. The number of carbonyl (C=O) groups is 3. The summed E-state index contributed by atoms with van der Waals surface area (Å²) in [5, 5.41) is 2.28. The van der Waals surface area contributed by atoms with Gasteiger partial charge in [0.15, 0.2) is 0 Å². The molecule has 0 aromatic heterocycles. The van der Waals surface area contributed by atoms with Crippen LogP contribution in [0.2, 0.25) is 0 Å². The summed E-state index contributed by atoms with van der Waals surface area (Å²) in [6.45, 7) is 0.418. The molecule has 0 spiro atoms. The predicted molar refractivity (Wildman–Crippen MR) is 70.6 cm³/mol. The van der Waals surface area contributed by atoms with Crippen LogP contribution in [-0.4, -0.2) is 33.5 Å². The van der Waals surface area contributed by atoms with Crippen LogP contribution in [0, 0.1) is 0 Å². The number of halogens is 1. The summed E-state index contributed by atoms with van der Waals surface area (Å²) in [4.78, 5) is 36.6. The number of hydrogen-bond acceptors (Lipinski definition) is 3. The first-order valence-electron chi connectivity index (χ1n) is 5.95. The van der Waals surface area contributed by atoms with E-state index < -0.39 is 16.8 Å². The first-order chi connectivity index (χ1) is 9.08. The van der Waals surface area contributed by atoms with Crippen molar-refractivity contribution in [2.75, 3.05) is 0 Å². The molecule has 0 radical (unpaired) electrons. The fraction of sp³-hybridized carbons (Fsp3) is 0.308. The lowest BCUT2D eigenvalue weighted by Crippen LogP contribution is -2.56. The molecule has 2 atom stereocenters. The highest BCUT2D eigenvalue weighted by atomic mass is 79.9. The van der Waals surface area contributed by atoms with E-state index in [1.54, 1.807) is 12.1 Å². The molecule has 6 heteroatoms. The monoisotopic (exact) mass is 322 g/mol. The number of hydrogen-bond donors (Lipinski definition) is 1. The summed E-state index contributed by atoms with van der Waals surface area (Å²) < 4.78 is 0. The molecule has 1 aromatic carbocycles. The van der Waals surface area contributed by atoms with Gasteiger partial charge in [-0.05, 0) is 18.1 Å². The van der Waals surface area contributed by atoms with E-state index in [0.29, 0.717) is 18.5 Å². The minimum atomic E-state index is -0.595. The van der Waals surface area contributed by atoms with Gasteiger partial charge in [0.05, 0.1) is 4.83 Å². The van der Waals surface area contributed by atoms with Gasteiger partial charge in [-0.3, -0.25) is 19.7 Å². The molecule has 1 aromatic rings. The zero-order chi connectivity index (χ0) is 13.6. The maximum absolute atomic E-state index is 12.3. The third-order valence-electron chi connectivity index (χ3n) is 3.49. The van der Waals surface area contributed by atoms with Gasteiger partial charge in [0.25, 0.3) is 5.91 Å². The molecule has 2 unspecified atom stereocenters. The molecular weight excluding hydrogens is 312 g/mol. The van der Waals surface area contributed by atoms with E-state index in [-0.39, 0.29) is 11.8 Å². The number of imide groups is 1. The van der Waals surface area contributed by atoms with Gasteiger partial charge < -0.3 is 4.90 Å². The molecule has 1 saturated heterocycles. The Hall–Kier alpha value is -1.69. The molecule has 1 fully saturated rings. The molecule has 0 aliphatic carbocycles. The molecule has 0 bridgehead atoms. The molecule has 0 saturated carbocycles. The van der Waals surface area contributed by atoms with Crippen LogP contribution in [0.5, 0.6) is 0 Å². The van der Waals surface area contributed by atoms with Crippen LogP contribution >= 0.6 is 15.9 Å². The Morgan fingerprint density at radius 1 is 1.16 bits per heavy atom. The number of carbonyl (C=O) groups excluding carboxylic acids is 3. The Morgan fingerprint density at radius 3 is 2.63 bits per heavy atom. The topological polar surface area (TPSA) is 66.5 Å². The van der Waals surface area contributed by atoms with Gasteiger partial charge in [-0.1, -0.05) is 34.1 Å². The number of nitrogens with one attached hydrogen (secondary N) is 1.